The van der Waals surface area contributed by atoms with Gasteiger partial charge >= 0.3 is 7.12 Å². The molecule has 0 radical (unpaired) electrons. The van der Waals surface area contributed by atoms with Gasteiger partial charge < -0.3 is 24.1 Å². The fourth-order valence-corrected chi connectivity index (χ4v) is 4.53. The van der Waals surface area contributed by atoms with Crippen molar-refractivity contribution in [2.24, 2.45) is 5.92 Å². The van der Waals surface area contributed by atoms with Crippen LogP contribution in [0.4, 0.5) is 4.39 Å². The first-order valence-electron chi connectivity index (χ1n) is 12.1. The van der Waals surface area contributed by atoms with Crippen molar-refractivity contribution in [3.05, 3.63) is 35.3 Å². The van der Waals surface area contributed by atoms with Crippen LogP contribution < -0.4 is 5.46 Å². The molecule has 0 bridgehead atoms. The van der Waals surface area contributed by atoms with Gasteiger partial charge in [-0.2, -0.15) is 0 Å². The number of carbonyl (C=O) groups excluding carboxylic acids is 2. The number of amides is 2. The maximum absolute atomic E-state index is 16.0. The average molecular weight is 483 g/mol. The molecular weight excluding hydrogens is 448 g/mol. The van der Waals surface area contributed by atoms with E-state index in [1.807, 2.05) is 47.6 Å². The van der Waals surface area contributed by atoms with Gasteiger partial charge in [-0.3, -0.25) is 9.59 Å². The Balaban J connectivity index is 1.86. The second-order valence-corrected chi connectivity index (χ2v) is 11.0. The highest BCUT2D eigenvalue weighted by atomic mass is 19.1. The van der Waals surface area contributed by atoms with Gasteiger partial charge in [-0.15, -0.1) is 0 Å². The van der Waals surface area contributed by atoms with Crippen molar-refractivity contribution in [2.75, 3.05) is 27.2 Å². The van der Waals surface area contributed by atoms with Crippen molar-refractivity contribution in [1.82, 2.24) is 14.8 Å². The van der Waals surface area contributed by atoms with Crippen LogP contribution >= 0.6 is 0 Å². The standard InChI is InChI=1S/C26H35BFN3O4/c1-15(2)23(32)31-11-9-10-16(14-31)17-12-19(27-34-25(3,4)26(5,6)35-27)18-13-20(24(33)30(7)8)29-22(18)21(17)28/h10,12-13,15,29H,9,11,14H2,1-8H3. The average Bonchev–Trinajstić information content (AvgIpc) is 3.31. The number of nitrogens with zero attached hydrogens (tertiary/aromatic N) is 2. The second-order valence-electron chi connectivity index (χ2n) is 11.0. The molecule has 0 aliphatic carbocycles. The first-order chi connectivity index (χ1) is 16.2. The molecule has 1 N–H and O–H groups in total. The number of aromatic amines is 1. The third kappa shape index (κ3) is 4.40. The van der Waals surface area contributed by atoms with Crippen LogP contribution in [0.3, 0.4) is 0 Å². The Hall–Kier alpha value is -2.65. The number of H-pyrrole nitrogens is 1. The van der Waals surface area contributed by atoms with Crippen LogP contribution in [0.2, 0.25) is 0 Å². The van der Waals surface area contributed by atoms with E-state index in [4.69, 9.17) is 9.31 Å². The lowest BCUT2D eigenvalue weighted by atomic mass is 9.75. The Morgan fingerprint density at radius 3 is 2.34 bits per heavy atom. The Bertz CT molecular complexity index is 1200. The molecule has 0 saturated carbocycles. The zero-order chi connectivity index (χ0) is 25.9. The van der Waals surface area contributed by atoms with Crippen LogP contribution in [0.15, 0.2) is 18.2 Å². The number of fused-ring (bicyclic) bond motifs is 1. The molecule has 0 spiro atoms. The van der Waals surface area contributed by atoms with Crippen molar-refractivity contribution in [3.8, 4) is 0 Å². The van der Waals surface area contributed by atoms with E-state index in [0.717, 1.165) is 5.57 Å². The van der Waals surface area contributed by atoms with Gasteiger partial charge in [0, 0.05) is 44.1 Å². The molecule has 4 rings (SSSR count). The molecule has 2 amide bonds. The van der Waals surface area contributed by atoms with Crippen molar-refractivity contribution >= 4 is 40.9 Å². The smallest absolute Gasteiger partial charge is 0.399 e. The minimum atomic E-state index is -0.738. The summed E-state index contributed by atoms with van der Waals surface area (Å²) in [5, 5.41) is 0.543. The highest BCUT2D eigenvalue weighted by Gasteiger charge is 2.52. The molecular formula is C26H35BFN3O4. The summed E-state index contributed by atoms with van der Waals surface area (Å²) in [6.45, 7) is 12.5. The van der Waals surface area contributed by atoms with Gasteiger partial charge in [-0.25, -0.2) is 4.39 Å². The Labute approximate surface area is 206 Å². The number of carbonyl (C=O) groups is 2. The third-order valence-corrected chi connectivity index (χ3v) is 7.33. The molecule has 7 nitrogen and oxygen atoms in total. The summed E-state index contributed by atoms with van der Waals surface area (Å²) in [5.41, 5.74) is 1.12. The van der Waals surface area contributed by atoms with Crippen molar-refractivity contribution in [3.63, 3.8) is 0 Å². The number of rotatable bonds is 4. The van der Waals surface area contributed by atoms with Crippen molar-refractivity contribution in [1.29, 1.82) is 0 Å². The lowest BCUT2D eigenvalue weighted by Crippen LogP contribution is -2.41. The number of aromatic nitrogens is 1. The highest BCUT2D eigenvalue weighted by Crippen LogP contribution is 2.38. The quantitative estimate of drug-likeness (QED) is 0.675. The molecule has 2 aliphatic rings. The fraction of sp³-hybridized carbons (Fsp3) is 0.538. The van der Waals surface area contributed by atoms with Gasteiger partial charge in [0.05, 0.1) is 16.7 Å². The minimum absolute atomic E-state index is 0.0435. The Morgan fingerprint density at radius 1 is 1.14 bits per heavy atom. The molecule has 0 unspecified atom stereocenters. The molecule has 2 aliphatic heterocycles. The predicted octanol–water partition coefficient (Wildman–Crippen LogP) is 3.58. The maximum atomic E-state index is 16.0. The van der Waals surface area contributed by atoms with Crippen LogP contribution in [-0.2, 0) is 14.1 Å². The Kier molecular flexibility index (Phi) is 6.39. The van der Waals surface area contributed by atoms with Crippen LogP contribution in [0.1, 0.15) is 64.0 Å². The van der Waals surface area contributed by atoms with Gasteiger partial charge in [0.2, 0.25) is 5.91 Å². The molecule has 3 heterocycles. The van der Waals surface area contributed by atoms with E-state index in [1.165, 1.54) is 4.90 Å². The van der Waals surface area contributed by atoms with Gasteiger partial charge in [0.25, 0.3) is 5.91 Å². The maximum Gasteiger partial charge on any atom is 0.495 e. The molecule has 0 atom stereocenters. The summed E-state index contributed by atoms with van der Waals surface area (Å²) >= 11 is 0. The summed E-state index contributed by atoms with van der Waals surface area (Å²) < 4.78 is 28.6. The highest BCUT2D eigenvalue weighted by molar-refractivity contribution is 6.65. The van der Waals surface area contributed by atoms with E-state index >= 15 is 4.39 Å². The van der Waals surface area contributed by atoms with E-state index in [1.54, 1.807) is 31.1 Å². The first-order valence-corrected chi connectivity index (χ1v) is 12.1. The van der Waals surface area contributed by atoms with E-state index in [9.17, 15) is 9.59 Å². The number of benzene rings is 1. The summed E-state index contributed by atoms with van der Waals surface area (Å²) in [5.74, 6) is -0.803. The monoisotopic (exact) mass is 483 g/mol. The van der Waals surface area contributed by atoms with Gasteiger partial charge in [0.1, 0.15) is 5.69 Å². The number of hydrogen-bond acceptors (Lipinski definition) is 4. The summed E-state index contributed by atoms with van der Waals surface area (Å²) in [7, 11) is 2.56. The largest absolute Gasteiger partial charge is 0.495 e. The van der Waals surface area contributed by atoms with E-state index in [2.05, 4.69) is 4.98 Å². The van der Waals surface area contributed by atoms with Gasteiger partial charge in [-0.1, -0.05) is 26.0 Å². The van der Waals surface area contributed by atoms with Crippen molar-refractivity contribution < 1.29 is 23.3 Å². The minimum Gasteiger partial charge on any atom is -0.399 e. The molecule has 188 valence electrons. The first kappa shape index (κ1) is 25.4. The van der Waals surface area contributed by atoms with Crippen LogP contribution in [0, 0.1) is 11.7 Å². The lowest BCUT2D eigenvalue weighted by molar-refractivity contribution is -0.133. The summed E-state index contributed by atoms with van der Waals surface area (Å²) in [6.07, 6.45) is 2.63. The SMILES string of the molecule is CC(C)C(=O)N1CCC=C(c2cc(B3OC(C)(C)C(C)(C)O3)c3cc(C(=O)N(C)C)[nH]c3c2F)C1. The van der Waals surface area contributed by atoms with Gasteiger partial charge in [0.15, 0.2) is 5.82 Å². The normalized spacial score (nSPS) is 19.4. The van der Waals surface area contributed by atoms with Crippen molar-refractivity contribution in [2.45, 2.75) is 59.2 Å². The number of nitrogens with one attached hydrogen (secondary N) is 1. The molecule has 1 fully saturated rings. The number of halogens is 1. The zero-order valence-corrected chi connectivity index (χ0v) is 21.9. The molecule has 1 aromatic carbocycles. The molecule has 1 saturated heterocycles. The second kappa shape index (κ2) is 8.78. The van der Waals surface area contributed by atoms with Crippen LogP contribution in [0.5, 0.6) is 0 Å². The summed E-state index contributed by atoms with van der Waals surface area (Å²) in [6, 6.07) is 3.42. The van der Waals surface area contributed by atoms with E-state index in [-0.39, 0.29) is 28.9 Å². The third-order valence-electron chi connectivity index (χ3n) is 7.33. The predicted molar refractivity (Wildman–Crippen MR) is 136 cm³/mol. The molecule has 2 aromatic rings. The number of hydrogen-bond donors (Lipinski definition) is 1. The van der Waals surface area contributed by atoms with E-state index in [0.29, 0.717) is 35.9 Å². The molecule has 35 heavy (non-hydrogen) atoms. The van der Waals surface area contributed by atoms with Crippen LogP contribution in [0.25, 0.3) is 16.5 Å². The Morgan fingerprint density at radius 2 is 1.77 bits per heavy atom. The van der Waals surface area contributed by atoms with E-state index < -0.39 is 24.1 Å². The lowest BCUT2D eigenvalue weighted by Gasteiger charge is -2.32. The molecule has 9 heteroatoms. The summed E-state index contributed by atoms with van der Waals surface area (Å²) in [4.78, 5) is 31.5. The van der Waals surface area contributed by atoms with Crippen LogP contribution in [-0.4, -0.2) is 72.1 Å². The fourth-order valence-electron chi connectivity index (χ4n) is 4.53. The van der Waals surface area contributed by atoms with Gasteiger partial charge in [-0.05, 0) is 51.2 Å². The zero-order valence-electron chi connectivity index (χ0n) is 21.9. The molecule has 1 aromatic heterocycles. The topological polar surface area (TPSA) is 74.9 Å².